The second kappa shape index (κ2) is 7.38. The van der Waals surface area contributed by atoms with Gasteiger partial charge in [0.2, 0.25) is 0 Å². The molecule has 0 radical (unpaired) electrons. The Hall–Kier alpha value is -2.82. The summed E-state index contributed by atoms with van der Waals surface area (Å²) in [5, 5.41) is 10.7. The van der Waals surface area contributed by atoms with Crippen LogP contribution in [-0.2, 0) is 9.59 Å². The van der Waals surface area contributed by atoms with E-state index in [-0.39, 0.29) is 11.3 Å². The number of hydrogen-bond donors (Lipinski definition) is 1. The Morgan fingerprint density at radius 2 is 1.88 bits per heavy atom. The van der Waals surface area contributed by atoms with Gasteiger partial charge in [0, 0.05) is 12.1 Å². The van der Waals surface area contributed by atoms with Crippen LogP contribution < -0.4 is 0 Å². The van der Waals surface area contributed by atoms with Gasteiger partial charge in [-0.1, -0.05) is 50.1 Å². The molecule has 1 aromatic heterocycles. The maximum Gasteiger partial charge on any atom is 0.295 e. The number of aliphatic hydroxyl groups excluding tert-OH is 1. The minimum Gasteiger partial charge on any atom is -0.507 e. The number of hydrogen-bond acceptors (Lipinski definition) is 4. The van der Waals surface area contributed by atoms with E-state index in [1.165, 1.54) is 11.2 Å². The van der Waals surface area contributed by atoms with Crippen LogP contribution in [0, 0.1) is 0 Å². The minimum atomic E-state index is -0.688. The van der Waals surface area contributed by atoms with Gasteiger partial charge in [-0.3, -0.25) is 9.59 Å². The molecule has 1 fully saturated rings. The fourth-order valence-electron chi connectivity index (χ4n) is 3.14. The molecule has 1 atom stereocenters. The Morgan fingerprint density at radius 1 is 1.12 bits per heavy atom. The normalized spacial score (nSPS) is 19.6. The van der Waals surface area contributed by atoms with Crippen molar-refractivity contribution in [3.8, 4) is 0 Å². The Kier molecular flexibility index (Phi) is 5.03. The number of furan rings is 1. The van der Waals surface area contributed by atoms with Crippen molar-refractivity contribution < 1.29 is 19.1 Å². The molecule has 2 aromatic rings. The second-order valence-corrected chi connectivity index (χ2v) is 6.08. The van der Waals surface area contributed by atoms with E-state index in [4.69, 9.17) is 4.42 Å². The maximum atomic E-state index is 12.6. The third-order valence-corrected chi connectivity index (χ3v) is 4.40. The van der Waals surface area contributed by atoms with E-state index >= 15 is 0 Å². The zero-order chi connectivity index (χ0) is 17.8. The van der Waals surface area contributed by atoms with Crippen LogP contribution in [0.2, 0.25) is 0 Å². The third-order valence-electron chi connectivity index (χ3n) is 4.40. The molecule has 5 nitrogen and oxygen atoms in total. The van der Waals surface area contributed by atoms with Crippen molar-refractivity contribution in [1.29, 1.82) is 0 Å². The van der Waals surface area contributed by atoms with Crippen molar-refractivity contribution in [1.82, 2.24) is 4.90 Å². The van der Waals surface area contributed by atoms with Crippen LogP contribution in [0.1, 0.15) is 43.6 Å². The Balaban J connectivity index is 2.06. The minimum absolute atomic E-state index is 0.0858. The highest BCUT2D eigenvalue weighted by Gasteiger charge is 2.47. The molecule has 0 bridgehead atoms. The first-order valence-electron chi connectivity index (χ1n) is 8.52. The van der Waals surface area contributed by atoms with Crippen LogP contribution in [0.5, 0.6) is 0 Å². The van der Waals surface area contributed by atoms with Crippen LogP contribution in [0.15, 0.2) is 58.7 Å². The van der Waals surface area contributed by atoms with Crippen molar-refractivity contribution >= 4 is 17.4 Å². The number of carbonyl (C=O) groups is 2. The fourth-order valence-corrected chi connectivity index (χ4v) is 3.14. The van der Waals surface area contributed by atoms with Gasteiger partial charge in [0.25, 0.3) is 11.7 Å². The summed E-state index contributed by atoms with van der Waals surface area (Å²) in [7, 11) is 0. The molecule has 0 spiro atoms. The van der Waals surface area contributed by atoms with Crippen LogP contribution in [0.4, 0.5) is 0 Å². The van der Waals surface area contributed by atoms with Gasteiger partial charge in [-0.15, -0.1) is 0 Å². The number of benzene rings is 1. The van der Waals surface area contributed by atoms with Crippen LogP contribution in [0.3, 0.4) is 0 Å². The van der Waals surface area contributed by atoms with E-state index in [0.29, 0.717) is 17.9 Å². The van der Waals surface area contributed by atoms with E-state index in [9.17, 15) is 14.7 Å². The molecular weight excluding hydrogens is 318 g/mol. The molecule has 1 saturated heterocycles. The van der Waals surface area contributed by atoms with E-state index in [2.05, 4.69) is 6.92 Å². The summed E-state index contributed by atoms with van der Waals surface area (Å²) >= 11 is 0. The molecule has 0 aliphatic carbocycles. The van der Waals surface area contributed by atoms with Crippen molar-refractivity contribution in [3.63, 3.8) is 0 Å². The fraction of sp³-hybridized carbons (Fsp3) is 0.300. The van der Waals surface area contributed by atoms with Crippen molar-refractivity contribution in [2.45, 2.75) is 32.2 Å². The summed E-state index contributed by atoms with van der Waals surface area (Å²) in [4.78, 5) is 26.7. The van der Waals surface area contributed by atoms with Gasteiger partial charge in [0.05, 0.1) is 11.8 Å². The van der Waals surface area contributed by atoms with Gasteiger partial charge in [0.1, 0.15) is 17.6 Å². The smallest absolute Gasteiger partial charge is 0.295 e. The molecule has 25 heavy (non-hydrogen) atoms. The molecule has 130 valence electrons. The number of Topliss-reactive ketones (excluding diaryl/α,β-unsaturated/α-hetero) is 1. The average Bonchev–Trinajstić information content (AvgIpc) is 3.24. The van der Waals surface area contributed by atoms with E-state index in [1.807, 2.05) is 6.07 Å². The topological polar surface area (TPSA) is 70.8 Å². The molecule has 1 aliphatic rings. The number of carbonyl (C=O) groups excluding carboxylic acids is 2. The number of likely N-dealkylation sites (tertiary alicyclic amines) is 1. The van der Waals surface area contributed by atoms with Crippen LogP contribution in [0.25, 0.3) is 5.76 Å². The highest BCUT2D eigenvalue weighted by Crippen LogP contribution is 2.39. The van der Waals surface area contributed by atoms with Gasteiger partial charge in [-0.2, -0.15) is 0 Å². The summed E-state index contributed by atoms with van der Waals surface area (Å²) in [5.41, 5.74) is 0.591. The number of nitrogens with zero attached hydrogens (tertiary/aromatic N) is 1. The monoisotopic (exact) mass is 339 g/mol. The molecule has 2 heterocycles. The second-order valence-electron chi connectivity index (χ2n) is 6.08. The summed E-state index contributed by atoms with van der Waals surface area (Å²) in [6, 6.07) is 11.5. The van der Waals surface area contributed by atoms with E-state index < -0.39 is 17.7 Å². The largest absolute Gasteiger partial charge is 0.507 e. The lowest BCUT2D eigenvalue weighted by atomic mass is 9.99. The molecule has 1 N–H and O–H groups in total. The number of amides is 1. The Morgan fingerprint density at radius 3 is 2.52 bits per heavy atom. The zero-order valence-electron chi connectivity index (χ0n) is 14.1. The lowest BCUT2D eigenvalue weighted by Gasteiger charge is -2.23. The third kappa shape index (κ3) is 3.22. The number of aliphatic hydroxyl groups is 1. The predicted molar refractivity (Wildman–Crippen MR) is 93.7 cm³/mol. The van der Waals surface area contributed by atoms with Crippen molar-refractivity contribution in [2.24, 2.45) is 0 Å². The van der Waals surface area contributed by atoms with E-state index in [0.717, 1.165) is 19.3 Å². The first-order valence-corrected chi connectivity index (χ1v) is 8.52. The SMILES string of the molecule is CCCCCN1C(=O)C(=O)/C(=C(\O)c2ccccc2)C1c1ccco1. The standard InChI is InChI=1S/C20H21NO4/c1-2-3-7-12-21-17(15-11-8-13-25-15)16(19(23)20(21)24)18(22)14-9-5-4-6-10-14/h4-6,8-11,13,17,22H,2-3,7,12H2,1H3/b18-16-. The average molecular weight is 339 g/mol. The quantitative estimate of drug-likeness (QED) is 0.375. The molecule has 1 aliphatic heterocycles. The van der Waals surface area contributed by atoms with Gasteiger partial charge >= 0.3 is 0 Å². The molecule has 5 heteroatoms. The van der Waals surface area contributed by atoms with Gasteiger partial charge < -0.3 is 14.4 Å². The highest BCUT2D eigenvalue weighted by molar-refractivity contribution is 6.46. The summed E-state index contributed by atoms with van der Waals surface area (Å²) in [6.07, 6.45) is 4.28. The number of rotatable bonds is 6. The van der Waals surface area contributed by atoms with Gasteiger partial charge in [-0.05, 0) is 18.6 Å². The predicted octanol–water partition coefficient (Wildman–Crippen LogP) is 3.89. The van der Waals surface area contributed by atoms with Crippen LogP contribution >= 0.6 is 0 Å². The van der Waals surface area contributed by atoms with Crippen LogP contribution in [-0.4, -0.2) is 28.2 Å². The van der Waals surface area contributed by atoms with Crippen molar-refractivity contribution in [2.75, 3.05) is 6.54 Å². The number of ketones is 1. The lowest BCUT2D eigenvalue weighted by Crippen LogP contribution is -2.30. The molecule has 1 aromatic carbocycles. The lowest BCUT2D eigenvalue weighted by molar-refractivity contribution is -0.140. The first-order chi connectivity index (χ1) is 12.1. The molecular formula is C20H21NO4. The molecule has 1 amide bonds. The first kappa shape index (κ1) is 17.0. The molecule has 1 unspecified atom stereocenters. The highest BCUT2D eigenvalue weighted by atomic mass is 16.3. The van der Waals surface area contributed by atoms with Gasteiger partial charge in [-0.25, -0.2) is 0 Å². The Labute approximate surface area is 146 Å². The van der Waals surface area contributed by atoms with Gasteiger partial charge in [0.15, 0.2) is 0 Å². The summed E-state index contributed by atoms with van der Waals surface area (Å²) in [6.45, 7) is 2.53. The summed E-state index contributed by atoms with van der Waals surface area (Å²) < 4.78 is 5.48. The zero-order valence-corrected chi connectivity index (χ0v) is 14.1. The van der Waals surface area contributed by atoms with Crippen molar-refractivity contribution in [3.05, 3.63) is 65.6 Å². The molecule has 3 rings (SSSR count). The molecule has 0 saturated carbocycles. The Bertz CT molecular complexity index is 777. The number of unbranched alkanes of at least 4 members (excludes halogenated alkanes) is 2. The summed E-state index contributed by atoms with van der Waals surface area (Å²) in [5.74, 6) is -0.944. The van der Waals surface area contributed by atoms with E-state index in [1.54, 1.807) is 36.4 Å². The maximum absolute atomic E-state index is 12.6.